The van der Waals surface area contributed by atoms with Crippen molar-refractivity contribution in [1.29, 1.82) is 0 Å². The zero-order valence-electron chi connectivity index (χ0n) is 6.34. The minimum atomic E-state index is 0.153. The van der Waals surface area contributed by atoms with E-state index in [4.69, 9.17) is 5.73 Å². The Hall–Kier alpha value is -0.0800. The van der Waals surface area contributed by atoms with Crippen LogP contribution >= 0.6 is 0 Å². The van der Waals surface area contributed by atoms with Gasteiger partial charge in [0.05, 0.1) is 0 Å². The maximum atomic E-state index is 6.03. The van der Waals surface area contributed by atoms with Crippen molar-refractivity contribution in [3.8, 4) is 0 Å². The molecule has 1 aliphatic heterocycles. The topological polar surface area (TPSA) is 40.1 Å². The first kappa shape index (κ1) is 6.62. The van der Waals surface area contributed by atoms with E-state index in [9.17, 15) is 0 Å². The fourth-order valence-corrected chi connectivity index (χ4v) is 1.73. The maximum Gasteiger partial charge on any atom is 0.0425 e. The van der Waals surface area contributed by atoms with Gasteiger partial charge in [0, 0.05) is 18.1 Å². The number of hydrogen-bond donors (Lipinski definition) is 1. The Balaban J connectivity index is 1.91. The van der Waals surface area contributed by atoms with Crippen molar-refractivity contribution in [3.05, 3.63) is 0 Å². The van der Waals surface area contributed by atoms with Gasteiger partial charge in [0.15, 0.2) is 0 Å². The SMILES string of the molecule is NC1(C2CCCC[N]2)CC1. The Kier molecular flexibility index (Phi) is 1.46. The number of hydrogen-bond acceptors (Lipinski definition) is 1. The largest absolute Gasteiger partial charge is 0.324 e. The highest BCUT2D eigenvalue weighted by molar-refractivity contribution is 5.08. The lowest BCUT2D eigenvalue weighted by Gasteiger charge is -2.26. The normalized spacial score (nSPS) is 37.5. The standard InChI is InChI=1S/C8H15N2/c9-8(4-5-8)7-3-1-2-6-10-7/h7H,1-6,9H2. The molecule has 2 aliphatic rings. The van der Waals surface area contributed by atoms with Crippen molar-refractivity contribution < 1.29 is 0 Å². The fraction of sp³-hybridized carbons (Fsp3) is 1.00. The van der Waals surface area contributed by atoms with E-state index in [-0.39, 0.29) is 5.54 Å². The van der Waals surface area contributed by atoms with E-state index in [1.165, 1.54) is 32.1 Å². The Bertz CT molecular complexity index is 123. The van der Waals surface area contributed by atoms with Crippen molar-refractivity contribution in [2.45, 2.75) is 43.7 Å². The van der Waals surface area contributed by atoms with Crippen LogP contribution in [0.2, 0.25) is 0 Å². The summed E-state index contributed by atoms with van der Waals surface area (Å²) in [6.07, 6.45) is 6.29. The number of nitrogens with zero attached hydrogens (tertiary/aromatic N) is 1. The molecule has 10 heavy (non-hydrogen) atoms. The zero-order chi connectivity index (χ0) is 7.03. The van der Waals surface area contributed by atoms with Crippen molar-refractivity contribution >= 4 is 0 Å². The summed E-state index contributed by atoms with van der Waals surface area (Å²) in [5, 5.41) is 4.54. The van der Waals surface area contributed by atoms with Gasteiger partial charge in [-0.25, -0.2) is 5.32 Å². The molecule has 1 unspecified atom stereocenters. The number of rotatable bonds is 1. The van der Waals surface area contributed by atoms with Crippen LogP contribution in [0.1, 0.15) is 32.1 Å². The predicted octanol–water partition coefficient (Wildman–Crippen LogP) is 0.635. The molecule has 2 nitrogen and oxygen atoms in total. The van der Waals surface area contributed by atoms with E-state index in [1.54, 1.807) is 0 Å². The van der Waals surface area contributed by atoms with Crippen LogP contribution in [0.5, 0.6) is 0 Å². The quantitative estimate of drug-likeness (QED) is 0.569. The predicted molar refractivity (Wildman–Crippen MR) is 40.8 cm³/mol. The average Bonchev–Trinajstić information content (AvgIpc) is 2.72. The summed E-state index contributed by atoms with van der Waals surface area (Å²) < 4.78 is 0. The van der Waals surface area contributed by atoms with Crippen LogP contribution in [0.25, 0.3) is 0 Å². The Morgan fingerprint density at radius 3 is 2.60 bits per heavy atom. The van der Waals surface area contributed by atoms with Gasteiger partial charge >= 0.3 is 0 Å². The summed E-state index contributed by atoms with van der Waals surface area (Å²) >= 11 is 0. The molecule has 1 heterocycles. The van der Waals surface area contributed by atoms with Crippen molar-refractivity contribution in [1.82, 2.24) is 5.32 Å². The highest BCUT2D eigenvalue weighted by Gasteiger charge is 2.46. The van der Waals surface area contributed by atoms with Crippen LogP contribution < -0.4 is 11.1 Å². The molecule has 1 aliphatic carbocycles. The number of piperidine rings is 1. The van der Waals surface area contributed by atoms with E-state index in [0.717, 1.165) is 6.54 Å². The van der Waals surface area contributed by atoms with Gasteiger partial charge in [0.1, 0.15) is 0 Å². The summed E-state index contributed by atoms with van der Waals surface area (Å²) in [7, 11) is 0. The van der Waals surface area contributed by atoms with Crippen molar-refractivity contribution in [3.63, 3.8) is 0 Å². The summed E-state index contributed by atoms with van der Waals surface area (Å²) in [5.74, 6) is 0. The van der Waals surface area contributed by atoms with Crippen LogP contribution in [0.4, 0.5) is 0 Å². The molecule has 1 radical (unpaired) electrons. The van der Waals surface area contributed by atoms with Crippen LogP contribution in [0.3, 0.4) is 0 Å². The van der Waals surface area contributed by atoms with Gasteiger partial charge < -0.3 is 5.73 Å². The van der Waals surface area contributed by atoms with Crippen molar-refractivity contribution in [2.75, 3.05) is 6.54 Å². The van der Waals surface area contributed by atoms with Crippen LogP contribution in [0.15, 0.2) is 0 Å². The summed E-state index contributed by atoms with van der Waals surface area (Å²) in [5.41, 5.74) is 6.18. The third-order valence-electron chi connectivity index (χ3n) is 2.73. The van der Waals surface area contributed by atoms with Gasteiger partial charge in [-0.1, -0.05) is 6.42 Å². The maximum absolute atomic E-state index is 6.03. The van der Waals surface area contributed by atoms with Gasteiger partial charge in [-0.3, -0.25) is 0 Å². The fourth-order valence-electron chi connectivity index (χ4n) is 1.73. The summed E-state index contributed by atoms with van der Waals surface area (Å²) in [6.45, 7) is 1.06. The van der Waals surface area contributed by atoms with E-state index >= 15 is 0 Å². The molecule has 1 saturated carbocycles. The second kappa shape index (κ2) is 2.21. The molecule has 57 valence electrons. The molecule has 0 bridgehead atoms. The first-order valence-electron chi connectivity index (χ1n) is 4.27. The molecule has 1 saturated heterocycles. The van der Waals surface area contributed by atoms with Crippen LogP contribution in [0, 0.1) is 0 Å². The molecule has 2 rings (SSSR count). The Morgan fingerprint density at radius 2 is 2.10 bits per heavy atom. The Labute approximate surface area is 62.2 Å². The molecule has 0 aromatic carbocycles. The first-order valence-corrected chi connectivity index (χ1v) is 4.27. The van der Waals surface area contributed by atoms with Gasteiger partial charge in [0.2, 0.25) is 0 Å². The summed E-state index contributed by atoms with van der Waals surface area (Å²) in [6, 6.07) is 0.515. The summed E-state index contributed by atoms with van der Waals surface area (Å²) in [4.78, 5) is 0. The van der Waals surface area contributed by atoms with E-state index in [1.807, 2.05) is 0 Å². The highest BCUT2D eigenvalue weighted by atomic mass is 15.0. The van der Waals surface area contributed by atoms with Crippen LogP contribution in [-0.2, 0) is 0 Å². The molecule has 0 aromatic heterocycles. The second-order valence-electron chi connectivity index (χ2n) is 3.65. The molecular weight excluding hydrogens is 124 g/mol. The van der Waals surface area contributed by atoms with Gasteiger partial charge in [0.25, 0.3) is 0 Å². The molecule has 0 spiro atoms. The number of nitrogens with two attached hydrogens (primary N) is 1. The monoisotopic (exact) mass is 139 g/mol. The van der Waals surface area contributed by atoms with E-state index in [2.05, 4.69) is 5.32 Å². The Morgan fingerprint density at radius 1 is 1.30 bits per heavy atom. The lowest BCUT2D eigenvalue weighted by atomic mass is 9.97. The van der Waals surface area contributed by atoms with Gasteiger partial charge in [-0.05, 0) is 25.7 Å². The zero-order valence-corrected chi connectivity index (χ0v) is 6.34. The van der Waals surface area contributed by atoms with E-state index in [0.29, 0.717) is 6.04 Å². The lowest BCUT2D eigenvalue weighted by Crippen LogP contribution is -2.45. The third kappa shape index (κ3) is 1.06. The third-order valence-corrected chi connectivity index (χ3v) is 2.73. The molecule has 0 aromatic rings. The molecule has 1 atom stereocenters. The molecule has 0 amide bonds. The molecule has 2 fully saturated rings. The molecule has 2 heteroatoms. The minimum absolute atomic E-state index is 0.153. The van der Waals surface area contributed by atoms with Gasteiger partial charge in [-0.15, -0.1) is 0 Å². The van der Waals surface area contributed by atoms with Crippen LogP contribution in [-0.4, -0.2) is 18.1 Å². The first-order chi connectivity index (χ1) is 4.81. The second-order valence-corrected chi connectivity index (χ2v) is 3.65. The molecule has 2 N–H and O–H groups in total. The van der Waals surface area contributed by atoms with Gasteiger partial charge in [-0.2, -0.15) is 0 Å². The smallest absolute Gasteiger partial charge is 0.0425 e. The van der Waals surface area contributed by atoms with Crippen molar-refractivity contribution in [2.24, 2.45) is 5.73 Å². The average molecular weight is 139 g/mol. The minimum Gasteiger partial charge on any atom is -0.324 e. The van der Waals surface area contributed by atoms with E-state index < -0.39 is 0 Å². The highest BCUT2D eigenvalue weighted by Crippen LogP contribution is 2.38. The lowest BCUT2D eigenvalue weighted by molar-refractivity contribution is 0.331. The molecular formula is C8H15N2.